The summed E-state index contributed by atoms with van der Waals surface area (Å²) in [7, 11) is 1.95. The number of halogens is 2. The number of amides is 1. The van der Waals surface area contributed by atoms with E-state index >= 15 is 0 Å². The molecular weight excluding hydrogens is 303 g/mol. The number of benzene rings is 1. The van der Waals surface area contributed by atoms with Crippen molar-refractivity contribution in [2.75, 3.05) is 26.7 Å². The van der Waals surface area contributed by atoms with Crippen molar-refractivity contribution in [3.05, 3.63) is 35.6 Å². The molecule has 1 saturated heterocycles. The molecule has 122 valence electrons. The van der Waals surface area contributed by atoms with Crippen LogP contribution in [0.3, 0.4) is 0 Å². The summed E-state index contributed by atoms with van der Waals surface area (Å²) >= 11 is 0. The Kier molecular flexibility index (Phi) is 5.45. The number of carbonyl (C=O) groups excluding carboxylic acids is 1. The predicted molar refractivity (Wildman–Crippen MR) is 87.8 cm³/mol. The number of hydrogen-bond acceptors (Lipinski definition) is 2. The number of nitrogens with one attached hydrogen (secondary N) is 1. The van der Waals surface area contributed by atoms with Crippen molar-refractivity contribution in [3.63, 3.8) is 0 Å². The Morgan fingerprint density at radius 2 is 2.23 bits per heavy atom. The van der Waals surface area contributed by atoms with Gasteiger partial charge in [0.25, 0.3) is 0 Å². The molecular formula is C17H24ClFN2O. The second-order valence-electron chi connectivity index (χ2n) is 6.41. The van der Waals surface area contributed by atoms with Crippen LogP contribution in [-0.2, 0) is 10.2 Å². The third-order valence-corrected chi connectivity index (χ3v) is 5.06. The molecule has 0 spiro atoms. The zero-order valence-corrected chi connectivity index (χ0v) is 13.8. The molecule has 1 amide bonds. The fourth-order valence-corrected chi connectivity index (χ4v) is 3.72. The average Bonchev–Trinajstić information content (AvgIpc) is 2.86. The van der Waals surface area contributed by atoms with E-state index in [-0.39, 0.29) is 24.1 Å². The second-order valence-corrected chi connectivity index (χ2v) is 6.41. The van der Waals surface area contributed by atoms with Gasteiger partial charge in [-0.2, -0.15) is 0 Å². The monoisotopic (exact) mass is 326 g/mol. The third kappa shape index (κ3) is 2.99. The molecule has 3 nitrogen and oxygen atoms in total. The van der Waals surface area contributed by atoms with Crippen LogP contribution in [0.2, 0.25) is 0 Å². The Hall–Kier alpha value is -1.13. The van der Waals surface area contributed by atoms with Crippen molar-refractivity contribution in [1.82, 2.24) is 10.2 Å². The van der Waals surface area contributed by atoms with Gasteiger partial charge < -0.3 is 10.2 Å². The largest absolute Gasteiger partial charge is 0.342 e. The molecule has 1 heterocycles. The molecule has 1 aromatic carbocycles. The average molecular weight is 327 g/mol. The first-order valence-corrected chi connectivity index (χ1v) is 7.86. The first-order valence-electron chi connectivity index (χ1n) is 7.86. The fraction of sp³-hybridized carbons (Fsp3) is 0.588. The van der Waals surface area contributed by atoms with Gasteiger partial charge in [-0.1, -0.05) is 18.6 Å². The van der Waals surface area contributed by atoms with E-state index in [0.29, 0.717) is 5.92 Å². The van der Waals surface area contributed by atoms with Crippen LogP contribution < -0.4 is 5.32 Å². The van der Waals surface area contributed by atoms with Crippen molar-refractivity contribution in [2.45, 2.75) is 31.1 Å². The van der Waals surface area contributed by atoms with Gasteiger partial charge in [0.15, 0.2) is 0 Å². The zero-order valence-electron chi connectivity index (χ0n) is 13.0. The first kappa shape index (κ1) is 17.2. The molecule has 0 radical (unpaired) electrons. The van der Waals surface area contributed by atoms with Crippen LogP contribution in [0, 0.1) is 11.7 Å². The van der Waals surface area contributed by atoms with Gasteiger partial charge in [0.1, 0.15) is 5.82 Å². The number of carbonyl (C=O) groups is 1. The highest BCUT2D eigenvalue weighted by Gasteiger charge is 2.48. The lowest BCUT2D eigenvalue weighted by molar-refractivity contribution is -0.140. The SMILES string of the molecule is CNCC1CCN(C(=O)C2(c3cccc(F)c3)CCC2)C1.Cl. The number of rotatable bonds is 4. The minimum atomic E-state index is -0.462. The van der Waals surface area contributed by atoms with E-state index < -0.39 is 5.41 Å². The van der Waals surface area contributed by atoms with Gasteiger partial charge >= 0.3 is 0 Å². The summed E-state index contributed by atoms with van der Waals surface area (Å²) in [6.07, 6.45) is 3.81. The number of likely N-dealkylation sites (tertiary alicyclic amines) is 1. The fourth-order valence-electron chi connectivity index (χ4n) is 3.72. The van der Waals surface area contributed by atoms with E-state index in [0.717, 1.165) is 50.9 Å². The van der Waals surface area contributed by atoms with E-state index in [9.17, 15) is 9.18 Å². The Bertz CT molecular complexity index is 533. The standard InChI is InChI=1S/C17H23FN2O.ClH/c1-19-11-13-6-9-20(12-13)16(21)17(7-3-8-17)14-4-2-5-15(18)10-14;/h2,4-5,10,13,19H,3,6-9,11-12H2,1H3;1H. The summed E-state index contributed by atoms with van der Waals surface area (Å²) in [4.78, 5) is 15.0. The second kappa shape index (κ2) is 6.97. The normalized spacial score (nSPS) is 22.8. The van der Waals surface area contributed by atoms with Crippen LogP contribution in [0.1, 0.15) is 31.2 Å². The van der Waals surface area contributed by atoms with Gasteiger partial charge in [-0.15, -0.1) is 12.4 Å². The van der Waals surface area contributed by atoms with E-state index in [1.54, 1.807) is 6.07 Å². The lowest BCUT2D eigenvalue weighted by Gasteiger charge is -2.43. The summed E-state index contributed by atoms with van der Waals surface area (Å²) in [6.45, 7) is 2.62. The maximum absolute atomic E-state index is 13.5. The van der Waals surface area contributed by atoms with Crippen LogP contribution in [0.5, 0.6) is 0 Å². The van der Waals surface area contributed by atoms with E-state index in [1.807, 2.05) is 18.0 Å². The van der Waals surface area contributed by atoms with Gasteiger partial charge in [-0.25, -0.2) is 4.39 Å². The molecule has 0 bridgehead atoms. The van der Waals surface area contributed by atoms with Gasteiger partial charge in [-0.3, -0.25) is 4.79 Å². The van der Waals surface area contributed by atoms with Gasteiger partial charge in [-0.05, 0) is 56.5 Å². The van der Waals surface area contributed by atoms with Crippen molar-refractivity contribution in [2.24, 2.45) is 5.92 Å². The van der Waals surface area contributed by atoms with Crippen molar-refractivity contribution in [3.8, 4) is 0 Å². The minimum Gasteiger partial charge on any atom is -0.342 e. The van der Waals surface area contributed by atoms with E-state index in [4.69, 9.17) is 0 Å². The van der Waals surface area contributed by atoms with E-state index in [1.165, 1.54) is 12.1 Å². The molecule has 1 atom stereocenters. The van der Waals surface area contributed by atoms with Crippen molar-refractivity contribution < 1.29 is 9.18 Å². The Morgan fingerprint density at radius 1 is 1.45 bits per heavy atom. The molecule has 1 N–H and O–H groups in total. The summed E-state index contributed by atoms with van der Waals surface area (Å²) in [5.41, 5.74) is 0.396. The summed E-state index contributed by atoms with van der Waals surface area (Å²) < 4.78 is 13.5. The number of nitrogens with zero attached hydrogens (tertiary/aromatic N) is 1. The lowest BCUT2D eigenvalue weighted by Crippen LogP contribution is -2.50. The van der Waals surface area contributed by atoms with Gasteiger partial charge in [0, 0.05) is 13.1 Å². The quantitative estimate of drug-likeness (QED) is 0.922. The maximum atomic E-state index is 13.5. The molecule has 3 rings (SSSR count). The molecule has 0 aromatic heterocycles. The zero-order chi connectivity index (χ0) is 14.9. The highest BCUT2D eigenvalue weighted by molar-refractivity contribution is 5.89. The molecule has 22 heavy (non-hydrogen) atoms. The summed E-state index contributed by atoms with van der Waals surface area (Å²) in [5.74, 6) is 0.502. The van der Waals surface area contributed by atoms with Crippen molar-refractivity contribution in [1.29, 1.82) is 0 Å². The molecule has 1 aromatic rings. The number of hydrogen-bond donors (Lipinski definition) is 1. The molecule has 1 aliphatic heterocycles. The third-order valence-electron chi connectivity index (χ3n) is 5.06. The van der Waals surface area contributed by atoms with Crippen LogP contribution in [0.15, 0.2) is 24.3 Å². The maximum Gasteiger partial charge on any atom is 0.233 e. The Morgan fingerprint density at radius 3 is 2.82 bits per heavy atom. The molecule has 2 aliphatic rings. The molecule has 1 unspecified atom stereocenters. The highest BCUT2D eigenvalue weighted by atomic mass is 35.5. The molecule has 2 fully saturated rings. The van der Waals surface area contributed by atoms with Crippen LogP contribution in [0.25, 0.3) is 0 Å². The van der Waals surface area contributed by atoms with Crippen LogP contribution >= 0.6 is 12.4 Å². The Balaban J connectivity index is 0.00000176. The van der Waals surface area contributed by atoms with Crippen LogP contribution in [-0.4, -0.2) is 37.5 Å². The summed E-state index contributed by atoms with van der Waals surface area (Å²) in [6, 6.07) is 6.60. The molecule has 5 heteroatoms. The first-order chi connectivity index (χ1) is 10.2. The molecule has 1 aliphatic carbocycles. The van der Waals surface area contributed by atoms with Gasteiger partial charge in [0.2, 0.25) is 5.91 Å². The topological polar surface area (TPSA) is 32.3 Å². The summed E-state index contributed by atoms with van der Waals surface area (Å²) in [5, 5.41) is 3.19. The minimum absolute atomic E-state index is 0. The predicted octanol–water partition coefficient (Wildman–Crippen LogP) is 2.74. The van der Waals surface area contributed by atoms with E-state index in [2.05, 4.69) is 5.32 Å². The lowest BCUT2D eigenvalue weighted by atomic mass is 9.63. The van der Waals surface area contributed by atoms with Crippen LogP contribution in [0.4, 0.5) is 4.39 Å². The van der Waals surface area contributed by atoms with Gasteiger partial charge in [0.05, 0.1) is 5.41 Å². The molecule has 1 saturated carbocycles. The van der Waals surface area contributed by atoms with Crippen molar-refractivity contribution >= 4 is 18.3 Å². The highest BCUT2D eigenvalue weighted by Crippen LogP contribution is 2.46. The smallest absolute Gasteiger partial charge is 0.233 e. The Labute approximate surface area is 137 Å².